The molecule has 0 aliphatic carbocycles. The maximum Gasteiger partial charge on any atom is 0.261 e. The van der Waals surface area contributed by atoms with Crippen LogP contribution in [0.15, 0.2) is 40.1 Å². The van der Waals surface area contributed by atoms with E-state index in [0.717, 1.165) is 10.0 Å². The summed E-state index contributed by atoms with van der Waals surface area (Å²) in [6.07, 6.45) is 1.36. The van der Waals surface area contributed by atoms with Crippen LogP contribution in [0.5, 0.6) is 0 Å². The highest BCUT2D eigenvalue weighted by Crippen LogP contribution is 2.22. The molecule has 0 aliphatic heterocycles. The predicted octanol–water partition coefficient (Wildman–Crippen LogP) is 2.88. The van der Waals surface area contributed by atoms with Crippen LogP contribution in [0, 0.1) is 0 Å². The second-order valence-corrected chi connectivity index (χ2v) is 7.25. The summed E-state index contributed by atoms with van der Waals surface area (Å²) in [7, 11) is -2.12. The van der Waals surface area contributed by atoms with Crippen molar-refractivity contribution >= 4 is 37.6 Å². The van der Waals surface area contributed by atoms with Gasteiger partial charge in [-0.2, -0.15) is 0 Å². The van der Waals surface area contributed by atoms with E-state index in [4.69, 9.17) is 11.6 Å². The van der Waals surface area contributed by atoms with Gasteiger partial charge in [0.2, 0.25) is 5.03 Å². The first-order chi connectivity index (χ1) is 9.31. The minimum absolute atomic E-state index is 0.0838. The van der Waals surface area contributed by atoms with Gasteiger partial charge in [0, 0.05) is 17.6 Å². The average molecular weight is 379 g/mol. The lowest BCUT2D eigenvalue weighted by Gasteiger charge is -2.13. The Morgan fingerprint density at radius 3 is 2.45 bits per heavy atom. The number of hydrogen-bond donors (Lipinski definition) is 1. The van der Waals surface area contributed by atoms with Crippen LogP contribution in [-0.4, -0.2) is 18.0 Å². The largest absolute Gasteiger partial charge is 0.324 e. The first kappa shape index (κ1) is 15.5. The lowest BCUT2D eigenvalue weighted by atomic mass is 10.1. The van der Waals surface area contributed by atoms with Crippen LogP contribution < -0.4 is 4.72 Å². The Kier molecular flexibility index (Phi) is 4.53. The van der Waals surface area contributed by atoms with Crippen molar-refractivity contribution in [2.75, 3.05) is 0 Å². The Morgan fingerprint density at radius 1 is 1.35 bits per heavy atom. The van der Waals surface area contributed by atoms with Crippen molar-refractivity contribution in [1.29, 1.82) is 0 Å². The summed E-state index contributed by atoms with van der Waals surface area (Å²) in [5, 5.41) is -0.0777. The summed E-state index contributed by atoms with van der Waals surface area (Å²) in [4.78, 5) is 3.82. The number of aromatic nitrogens is 2. The predicted molar refractivity (Wildman–Crippen MR) is 81.1 cm³/mol. The highest BCUT2D eigenvalue weighted by Gasteiger charge is 2.24. The molecule has 1 aromatic heterocycles. The van der Waals surface area contributed by atoms with E-state index in [1.807, 2.05) is 24.3 Å². The molecule has 2 rings (SSSR count). The van der Waals surface area contributed by atoms with E-state index in [-0.39, 0.29) is 16.2 Å². The van der Waals surface area contributed by atoms with Crippen molar-refractivity contribution in [2.45, 2.75) is 18.0 Å². The van der Waals surface area contributed by atoms with E-state index in [0.29, 0.717) is 0 Å². The average Bonchev–Trinajstić information content (AvgIpc) is 2.71. The molecule has 0 saturated heterocycles. The quantitative estimate of drug-likeness (QED) is 0.890. The standard InChI is InChI=1S/C12H13BrClN3O2S/c1-8(9-3-5-10(13)6-4-9)16-20(18,19)12-11(14)17(2)7-15-12/h3-8,16H,1-2H3/t8-/m0/s1. The molecule has 0 aliphatic rings. The van der Waals surface area contributed by atoms with Crippen LogP contribution in [0.25, 0.3) is 0 Å². The highest BCUT2D eigenvalue weighted by atomic mass is 79.9. The third kappa shape index (κ3) is 3.22. The molecule has 0 spiro atoms. The number of rotatable bonds is 4. The lowest BCUT2D eigenvalue weighted by molar-refractivity contribution is 0.563. The zero-order valence-corrected chi connectivity index (χ0v) is 14.0. The molecule has 0 amide bonds. The molecular weight excluding hydrogens is 366 g/mol. The first-order valence-corrected chi connectivity index (χ1v) is 8.41. The molecule has 0 saturated carbocycles. The Morgan fingerprint density at radius 2 is 1.95 bits per heavy atom. The monoisotopic (exact) mass is 377 g/mol. The summed E-state index contributed by atoms with van der Waals surface area (Å²) >= 11 is 9.25. The number of benzene rings is 1. The number of imidazole rings is 1. The van der Waals surface area contributed by atoms with Crippen LogP contribution >= 0.6 is 27.5 Å². The molecule has 0 unspecified atom stereocenters. The second-order valence-electron chi connectivity index (χ2n) is 4.35. The Labute approximate surface area is 131 Å². The van der Waals surface area contributed by atoms with Gasteiger partial charge in [-0.15, -0.1) is 0 Å². The number of halogens is 2. The van der Waals surface area contributed by atoms with Crippen molar-refractivity contribution in [3.8, 4) is 0 Å². The van der Waals surface area contributed by atoms with Gasteiger partial charge in [-0.3, -0.25) is 0 Å². The van der Waals surface area contributed by atoms with E-state index in [1.165, 1.54) is 10.9 Å². The normalized spacial score (nSPS) is 13.4. The Bertz CT molecular complexity index is 713. The molecule has 1 aromatic carbocycles. The van der Waals surface area contributed by atoms with Gasteiger partial charge >= 0.3 is 0 Å². The summed E-state index contributed by atoms with van der Waals surface area (Å²) in [5.74, 6) is 0. The van der Waals surface area contributed by atoms with Crippen LogP contribution in [0.1, 0.15) is 18.5 Å². The Hall–Kier alpha value is -0.890. The molecule has 0 fully saturated rings. The smallest absolute Gasteiger partial charge is 0.261 e. The van der Waals surface area contributed by atoms with E-state index >= 15 is 0 Å². The molecule has 8 heteroatoms. The second kappa shape index (κ2) is 5.85. The van der Waals surface area contributed by atoms with Crippen LogP contribution in [0.3, 0.4) is 0 Å². The highest BCUT2D eigenvalue weighted by molar-refractivity contribution is 9.10. The third-order valence-electron chi connectivity index (χ3n) is 2.79. The van der Waals surface area contributed by atoms with Crippen LogP contribution in [-0.2, 0) is 17.1 Å². The molecule has 5 nitrogen and oxygen atoms in total. The zero-order chi connectivity index (χ0) is 14.9. The third-order valence-corrected chi connectivity index (χ3v) is 5.35. The summed E-state index contributed by atoms with van der Waals surface area (Å²) in [6.45, 7) is 1.76. The van der Waals surface area contributed by atoms with E-state index < -0.39 is 10.0 Å². The summed E-state index contributed by atoms with van der Waals surface area (Å²) in [6, 6.07) is 7.02. The molecule has 0 radical (unpaired) electrons. The number of hydrogen-bond acceptors (Lipinski definition) is 3. The zero-order valence-electron chi connectivity index (χ0n) is 10.8. The minimum atomic E-state index is -3.75. The van der Waals surface area contributed by atoms with Crippen LogP contribution in [0.2, 0.25) is 5.15 Å². The topological polar surface area (TPSA) is 64.0 Å². The minimum Gasteiger partial charge on any atom is -0.324 e. The van der Waals surface area contributed by atoms with Gasteiger partial charge in [0.05, 0.1) is 6.33 Å². The fraction of sp³-hybridized carbons (Fsp3) is 0.250. The van der Waals surface area contributed by atoms with Gasteiger partial charge in [0.15, 0.2) is 0 Å². The molecular formula is C12H13BrClN3O2S. The molecule has 2 aromatic rings. The van der Waals surface area contributed by atoms with Gasteiger partial charge in [0.1, 0.15) is 5.15 Å². The van der Waals surface area contributed by atoms with E-state index in [1.54, 1.807) is 14.0 Å². The SMILES string of the molecule is C[C@H](NS(=O)(=O)c1ncn(C)c1Cl)c1ccc(Br)cc1. The summed E-state index contributed by atoms with van der Waals surface area (Å²) in [5.41, 5.74) is 0.851. The number of nitrogens with one attached hydrogen (secondary N) is 1. The molecule has 108 valence electrons. The van der Waals surface area contributed by atoms with Crippen molar-refractivity contribution in [1.82, 2.24) is 14.3 Å². The van der Waals surface area contributed by atoms with Gasteiger partial charge in [0.25, 0.3) is 10.0 Å². The van der Waals surface area contributed by atoms with Crippen molar-refractivity contribution < 1.29 is 8.42 Å². The van der Waals surface area contributed by atoms with Crippen molar-refractivity contribution in [2.24, 2.45) is 7.05 Å². The molecule has 1 N–H and O–H groups in total. The van der Waals surface area contributed by atoms with Gasteiger partial charge < -0.3 is 4.57 Å². The first-order valence-electron chi connectivity index (χ1n) is 5.76. The van der Waals surface area contributed by atoms with Crippen molar-refractivity contribution in [3.05, 3.63) is 45.8 Å². The Balaban J connectivity index is 2.24. The van der Waals surface area contributed by atoms with Gasteiger partial charge in [-0.25, -0.2) is 18.1 Å². The fourth-order valence-electron chi connectivity index (χ4n) is 1.68. The number of aryl methyl sites for hydroxylation is 1. The molecule has 20 heavy (non-hydrogen) atoms. The van der Waals surface area contributed by atoms with Gasteiger partial charge in [-0.05, 0) is 24.6 Å². The maximum atomic E-state index is 12.2. The number of nitrogens with zero attached hydrogens (tertiary/aromatic N) is 2. The maximum absolute atomic E-state index is 12.2. The fourth-order valence-corrected chi connectivity index (χ4v) is 3.61. The van der Waals surface area contributed by atoms with E-state index in [2.05, 4.69) is 25.6 Å². The number of sulfonamides is 1. The lowest BCUT2D eigenvalue weighted by Crippen LogP contribution is -2.27. The van der Waals surface area contributed by atoms with Crippen molar-refractivity contribution in [3.63, 3.8) is 0 Å². The molecule has 1 atom stereocenters. The van der Waals surface area contributed by atoms with Gasteiger partial charge in [-0.1, -0.05) is 39.7 Å². The summed E-state index contributed by atoms with van der Waals surface area (Å²) < 4.78 is 29.4. The van der Waals surface area contributed by atoms with Crippen LogP contribution in [0.4, 0.5) is 0 Å². The molecule has 0 bridgehead atoms. The molecule has 1 heterocycles. The van der Waals surface area contributed by atoms with E-state index in [9.17, 15) is 8.42 Å².